The first kappa shape index (κ1) is 16.0. The lowest BCUT2D eigenvalue weighted by atomic mass is 10.4. The van der Waals surface area contributed by atoms with Crippen LogP contribution in [0.3, 0.4) is 0 Å². The molecule has 10 heteroatoms. The Hall–Kier alpha value is -0.410. The molecule has 0 saturated carbocycles. The molecule has 1 N–H and O–H groups in total. The van der Waals surface area contributed by atoms with Gasteiger partial charge in [-0.05, 0) is 44.0 Å². The van der Waals surface area contributed by atoms with Crippen LogP contribution in [-0.4, -0.2) is 18.4 Å². The number of sulfonamides is 1. The van der Waals surface area contributed by atoms with Gasteiger partial charge in [0.25, 0.3) is 10.0 Å². The Kier molecular flexibility index (Phi) is 4.91. The summed E-state index contributed by atoms with van der Waals surface area (Å²) in [5.74, 6) is 0.0317. The van der Waals surface area contributed by atoms with Gasteiger partial charge in [0.15, 0.2) is 10.4 Å². The molecule has 2 rings (SSSR count). The number of benzene rings is 1. The van der Waals surface area contributed by atoms with Gasteiger partial charge in [-0.25, -0.2) is 18.4 Å². The highest BCUT2D eigenvalue weighted by Crippen LogP contribution is 2.31. The van der Waals surface area contributed by atoms with Gasteiger partial charge in [0.2, 0.25) is 0 Å². The number of hydrogen-bond acceptors (Lipinski definition) is 4. The zero-order valence-electron chi connectivity index (χ0n) is 9.44. The number of nitrogens with one attached hydrogen (secondary N) is 1. The highest BCUT2D eigenvalue weighted by atomic mass is 79.9. The fourth-order valence-corrected chi connectivity index (χ4v) is 4.54. The lowest BCUT2D eigenvalue weighted by Gasteiger charge is -2.11. The first-order valence-corrected chi connectivity index (χ1v) is 8.78. The average Bonchev–Trinajstić information content (AvgIpc) is 2.32. The number of nitrogens with zero attached hydrogens (tertiary/aromatic N) is 2. The molecule has 1 heterocycles. The van der Waals surface area contributed by atoms with Crippen LogP contribution in [0.2, 0.25) is 10.0 Å². The van der Waals surface area contributed by atoms with Crippen molar-refractivity contribution >= 4 is 70.9 Å². The summed E-state index contributed by atoms with van der Waals surface area (Å²) in [6.07, 6.45) is 1.36. The van der Waals surface area contributed by atoms with E-state index >= 15 is 0 Å². The van der Waals surface area contributed by atoms with Gasteiger partial charge in [0, 0.05) is 0 Å². The molecule has 0 aliphatic rings. The lowest BCUT2D eigenvalue weighted by molar-refractivity contribution is 0.601. The van der Waals surface area contributed by atoms with E-state index in [0.717, 1.165) is 0 Å². The molecule has 0 spiro atoms. The monoisotopic (exact) mass is 459 g/mol. The van der Waals surface area contributed by atoms with E-state index in [4.69, 9.17) is 23.2 Å². The molecule has 0 bridgehead atoms. The molecule has 0 unspecified atom stereocenters. The smallest absolute Gasteiger partial charge is 0.261 e. The second kappa shape index (κ2) is 6.15. The third kappa shape index (κ3) is 3.43. The van der Waals surface area contributed by atoms with Crippen molar-refractivity contribution in [1.82, 2.24) is 9.97 Å². The fraction of sp³-hybridized carbons (Fsp3) is 0. The molecule has 1 aromatic heterocycles. The molecule has 1 aromatic carbocycles. The molecule has 0 saturated heterocycles. The Bertz CT molecular complexity index is 751. The van der Waals surface area contributed by atoms with Gasteiger partial charge in [0.1, 0.15) is 9.50 Å². The lowest BCUT2D eigenvalue weighted by Crippen LogP contribution is -2.15. The predicted octanol–water partition coefficient (Wildman–Crippen LogP) is 4.11. The highest BCUT2D eigenvalue weighted by molar-refractivity contribution is 9.11. The predicted molar refractivity (Wildman–Crippen MR) is 84.7 cm³/mol. The van der Waals surface area contributed by atoms with E-state index in [-0.39, 0.29) is 25.4 Å². The third-order valence-corrected chi connectivity index (χ3v) is 5.35. The van der Waals surface area contributed by atoms with Crippen LogP contribution in [0, 0.1) is 0 Å². The van der Waals surface area contributed by atoms with E-state index in [1.54, 1.807) is 6.07 Å². The quantitative estimate of drug-likeness (QED) is 0.746. The molecule has 20 heavy (non-hydrogen) atoms. The van der Waals surface area contributed by atoms with Gasteiger partial charge in [-0.3, -0.25) is 4.72 Å². The zero-order valence-corrected chi connectivity index (χ0v) is 14.9. The summed E-state index contributed by atoms with van der Waals surface area (Å²) < 4.78 is 27.6. The number of rotatable bonds is 3. The summed E-state index contributed by atoms with van der Waals surface area (Å²) in [5, 5.41) is 0.0392. The van der Waals surface area contributed by atoms with Crippen LogP contribution in [0.1, 0.15) is 0 Å². The number of aromatic nitrogens is 2. The van der Waals surface area contributed by atoms with Crippen LogP contribution in [0.4, 0.5) is 5.82 Å². The van der Waals surface area contributed by atoms with E-state index in [9.17, 15) is 8.42 Å². The fourth-order valence-electron chi connectivity index (χ4n) is 1.33. The van der Waals surface area contributed by atoms with Crippen LogP contribution in [-0.2, 0) is 10.0 Å². The maximum atomic E-state index is 12.3. The largest absolute Gasteiger partial charge is 0.266 e. The maximum Gasteiger partial charge on any atom is 0.266 e. The summed E-state index contributed by atoms with van der Waals surface area (Å²) in [7, 11) is -3.97. The molecule has 0 aliphatic carbocycles. The Morgan fingerprint density at radius 2 is 1.75 bits per heavy atom. The minimum absolute atomic E-state index is 0.0196. The molecule has 0 amide bonds. The third-order valence-electron chi connectivity index (χ3n) is 2.12. The minimum Gasteiger partial charge on any atom is -0.261 e. The average molecular weight is 462 g/mol. The summed E-state index contributed by atoms with van der Waals surface area (Å²) in [4.78, 5) is 7.68. The van der Waals surface area contributed by atoms with E-state index < -0.39 is 10.0 Å². The van der Waals surface area contributed by atoms with Crippen molar-refractivity contribution in [1.29, 1.82) is 0 Å². The molecule has 5 nitrogen and oxygen atoms in total. The number of halogens is 4. The zero-order chi connectivity index (χ0) is 14.9. The van der Waals surface area contributed by atoms with Crippen LogP contribution >= 0.6 is 55.1 Å². The van der Waals surface area contributed by atoms with Crippen molar-refractivity contribution in [3.8, 4) is 0 Å². The topological polar surface area (TPSA) is 72.0 Å². The van der Waals surface area contributed by atoms with E-state index in [1.807, 2.05) is 0 Å². The maximum absolute atomic E-state index is 12.3. The molecular formula is C10H5Br2Cl2N3O2S. The highest BCUT2D eigenvalue weighted by Gasteiger charge is 2.23. The Labute approximate surface area is 142 Å². The molecule has 2 aromatic rings. The van der Waals surface area contributed by atoms with E-state index in [1.165, 1.54) is 18.3 Å². The summed E-state index contributed by atoms with van der Waals surface area (Å²) in [5.41, 5.74) is 0. The Morgan fingerprint density at radius 1 is 1.15 bits per heavy atom. The Morgan fingerprint density at radius 3 is 2.30 bits per heavy atom. The van der Waals surface area contributed by atoms with Gasteiger partial charge >= 0.3 is 0 Å². The Balaban J connectivity index is 2.46. The molecule has 106 valence electrons. The van der Waals surface area contributed by atoms with Gasteiger partial charge in [-0.1, -0.05) is 29.3 Å². The van der Waals surface area contributed by atoms with Crippen molar-refractivity contribution in [3.05, 3.63) is 43.6 Å². The van der Waals surface area contributed by atoms with Crippen molar-refractivity contribution in [2.75, 3.05) is 4.72 Å². The molecule has 0 fully saturated rings. The molecule has 0 radical (unpaired) electrons. The van der Waals surface area contributed by atoms with E-state index in [0.29, 0.717) is 4.60 Å². The number of hydrogen-bond donors (Lipinski definition) is 1. The SMILES string of the molecule is O=S(=O)(Nc1ncc(Br)nc1Br)c1c(Cl)cccc1Cl. The van der Waals surface area contributed by atoms with E-state index in [2.05, 4.69) is 46.5 Å². The first-order chi connectivity index (χ1) is 9.31. The van der Waals surface area contributed by atoms with Crippen LogP contribution in [0.25, 0.3) is 0 Å². The first-order valence-electron chi connectivity index (χ1n) is 4.96. The van der Waals surface area contributed by atoms with Gasteiger partial charge < -0.3 is 0 Å². The standard InChI is InChI=1S/C10H5Br2Cl2N3O2S/c11-7-4-15-10(9(12)16-7)17-20(18,19)8-5(13)2-1-3-6(8)14/h1-4H,(H,15,17). The van der Waals surface area contributed by atoms with Crippen molar-refractivity contribution in [3.63, 3.8) is 0 Å². The molecular weight excluding hydrogens is 457 g/mol. The summed E-state index contributed by atoms with van der Waals surface area (Å²) in [6, 6.07) is 4.42. The second-order valence-electron chi connectivity index (χ2n) is 3.49. The van der Waals surface area contributed by atoms with Crippen LogP contribution < -0.4 is 4.72 Å². The van der Waals surface area contributed by atoms with Gasteiger partial charge in [-0.2, -0.15) is 0 Å². The van der Waals surface area contributed by atoms with Crippen LogP contribution in [0.15, 0.2) is 38.5 Å². The van der Waals surface area contributed by atoms with Crippen molar-refractivity contribution in [2.24, 2.45) is 0 Å². The van der Waals surface area contributed by atoms with Crippen molar-refractivity contribution < 1.29 is 8.42 Å². The van der Waals surface area contributed by atoms with Crippen molar-refractivity contribution in [2.45, 2.75) is 4.90 Å². The summed E-state index contributed by atoms with van der Waals surface area (Å²) >= 11 is 18.0. The normalized spacial score (nSPS) is 11.4. The van der Waals surface area contributed by atoms with Crippen LogP contribution in [0.5, 0.6) is 0 Å². The minimum atomic E-state index is -3.97. The molecule has 0 aliphatic heterocycles. The summed E-state index contributed by atoms with van der Waals surface area (Å²) in [6.45, 7) is 0. The van der Waals surface area contributed by atoms with Gasteiger partial charge in [0.05, 0.1) is 16.2 Å². The number of anilines is 1. The van der Waals surface area contributed by atoms with Gasteiger partial charge in [-0.15, -0.1) is 0 Å². The second-order valence-corrected chi connectivity index (χ2v) is 7.49. The molecule has 0 atom stereocenters.